The summed E-state index contributed by atoms with van der Waals surface area (Å²) in [7, 11) is 2.00. The molecule has 0 aromatic rings. The molecule has 0 fully saturated rings. The van der Waals surface area contributed by atoms with Gasteiger partial charge in [0.15, 0.2) is 0 Å². The van der Waals surface area contributed by atoms with Crippen LogP contribution in [0, 0.1) is 11.8 Å². The van der Waals surface area contributed by atoms with Crippen molar-refractivity contribution in [2.24, 2.45) is 11.8 Å². The fourth-order valence-corrected chi connectivity index (χ4v) is 10.3. The predicted molar refractivity (Wildman–Crippen MR) is 343 cm³/mol. The number of unbranched alkanes of at least 4 members (excludes halogenated alkanes) is 22. The number of nitrogens with zero attached hydrogens (tertiary/aromatic N) is 4. The molecular formula is C68H133N5O10. The number of esters is 2. The van der Waals surface area contributed by atoms with Crippen molar-refractivity contribution < 1.29 is 47.7 Å². The van der Waals surface area contributed by atoms with Crippen molar-refractivity contribution >= 4 is 30.2 Å². The molecule has 0 unspecified atom stereocenters. The molecule has 0 atom stereocenters. The Kier molecular flexibility index (Phi) is 54.2. The highest BCUT2D eigenvalue weighted by atomic mass is 16.6. The highest BCUT2D eigenvalue weighted by molar-refractivity contribution is 5.70. The van der Waals surface area contributed by atoms with Crippen LogP contribution in [0.5, 0.6) is 0 Å². The number of nitrogens with one attached hydrogen (secondary N) is 1. The van der Waals surface area contributed by atoms with E-state index in [1.54, 1.807) is 0 Å². The lowest BCUT2D eigenvalue weighted by molar-refractivity contribution is -0.146. The Balaban J connectivity index is 5.75. The van der Waals surface area contributed by atoms with Crippen LogP contribution >= 0.6 is 0 Å². The molecule has 0 radical (unpaired) electrons. The third-order valence-corrected chi connectivity index (χ3v) is 15.7. The number of alkyl carbamates (subject to hydrolysis) is 1. The van der Waals surface area contributed by atoms with Crippen molar-refractivity contribution in [3.8, 4) is 0 Å². The average molecular weight is 1180 g/mol. The SMILES string of the molecule is CCCCCCCCN(CCCCCC(=O)OCC(CCCCC)CCCCC)C(=O)OCCN(CCOC(=O)N(CCCCCCCC)CCCCCC(=O)OCC(CCCCC)CCCCC)CCN(C)CCNC(=O)OC(C)(C)C. The minimum atomic E-state index is -0.580. The summed E-state index contributed by atoms with van der Waals surface area (Å²) in [5, 5.41) is 2.84. The molecule has 0 spiro atoms. The standard InChI is InChI=1S/C68H133N5O10/c1-11-17-23-25-27-37-48-72(50-39-29-35-45-63(74)81-59-61(41-31-19-13-3)42-32-20-14-4)66(77)79-57-55-71(54-53-70(10)52-47-69-65(76)83-68(7,8)9)56-58-80-67(78)73(49-38-28-26-24-18-12-2)51-40-30-36-46-64(75)82-60-62(43-33-21-15-5)44-34-22-16-6/h61-62H,11-60H2,1-10H3,(H,69,76). The van der Waals surface area contributed by atoms with Gasteiger partial charge in [0.1, 0.15) is 18.8 Å². The van der Waals surface area contributed by atoms with E-state index in [2.05, 4.69) is 56.7 Å². The number of rotatable bonds is 58. The van der Waals surface area contributed by atoms with Gasteiger partial charge in [-0.15, -0.1) is 0 Å². The molecule has 0 aliphatic carbocycles. The van der Waals surface area contributed by atoms with Crippen molar-refractivity contribution in [3.63, 3.8) is 0 Å². The van der Waals surface area contributed by atoms with Crippen molar-refractivity contribution in [1.82, 2.24) is 24.9 Å². The summed E-state index contributed by atoms with van der Waals surface area (Å²) >= 11 is 0. The zero-order valence-electron chi connectivity index (χ0n) is 55.9. The van der Waals surface area contributed by atoms with Crippen LogP contribution in [0.15, 0.2) is 0 Å². The minimum Gasteiger partial charge on any atom is -0.465 e. The van der Waals surface area contributed by atoms with Crippen molar-refractivity contribution in [1.29, 1.82) is 0 Å². The Morgan fingerprint density at radius 2 is 0.723 bits per heavy atom. The van der Waals surface area contributed by atoms with E-state index in [1.807, 2.05) is 37.6 Å². The van der Waals surface area contributed by atoms with Crippen LogP contribution in [-0.4, -0.2) is 154 Å². The Bertz CT molecular complexity index is 1420. The Morgan fingerprint density at radius 1 is 0.386 bits per heavy atom. The zero-order valence-corrected chi connectivity index (χ0v) is 55.9. The second-order valence-electron chi connectivity index (χ2n) is 25.0. The number of carbonyl (C=O) groups excluding carboxylic acids is 5. The van der Waals surface area contributed by atoms with E-state index in [-0.39, 0.29) is 37.3 Å². The Hall–Kier alpha value is -3.33. The predicted octanol–water partition coefficient (Wildman–Crippen LogP) is 17.1. The summed E-state index contributed by atoms with van der Waals surface area (Å²) < 4.78 is 29.1. The lowest BCUT2D eigenvalue weighted by Gasteiger charge is -2.27. The fourth-order valence-electron chi connectivity index (χ4n) is 10.3. The Morgan fingerprint density at radius 3 is 1.08 bits per heavy atom. The van der Waals surface area contributed by atoms with Crippen molar-refractivity contribution in [2.75, 3.05) is 98.9 Å². The largest absolute Gasteiger partial charge is 0.465 e. The van der Waals surface area contributed by atoms with Crippen molar-refractivity contribution in [3.05, 3.63) is 0 Å². The molecule has 83 heavy (non-hydrogen) atoms. The average Bonchev–Trinajstić information content (AvgIpc) is 3.45. The summed E-state index contributed by atoms with van der Waals surface area (Å²) in [5.41, 5.74) is -0.580. The molecule has 0 saturated carbocycles. The molecule has 3 amide bonds. The smallest absolute Gasteiger partial charge is 0.409 e. The zero-order chi connectivity index (χ0) is 61.4. The van der Waals surface area contributed by atoms with E-state index >= 15 is 0 Å². The van der Waals surface area contributed by atoms with Gasteiger partial charge in [-0.2, -0.15) is 0 Å². The van der Waals surface area contributed by atoms with Gasteiger partial charge < -0.3 is 43.7 Å². The first-order valence-corrected chi connectivity index (χ1v) is 34.6. The number of likely N-dealkylation sites (N-methyl/N-ethyl adjacent to an activating group) is 1. The first kappa shape index (κ1) is 79.7. The number of ether oxygens (including phenoxy) is 5. The molecule has 0 aromatic carbocycles. The van der Waals surface area contributed by atoms with Gasteiger partial charge in [-0.05, 0) is 104 Å². The highest BCUT2D eigenvalue weighted by Crippen LogP contribution is 2.21. The molecule has 490 valence electrons. The maximum Gasteiger partial charge on any atom is 0.409 e. The van der Waals surface area contributed by atoms with Gasteiger partial charge in [0.25, 0.3) is 0 Å². The normalized spacial score (nSPS) is 11.7. The van der Waals surface area contributed by atoms with E-state index in [0.29, 0.717) is 103 Å². The van der Waals surface area contributed by atoms with Crippen LogP contribution in [0.4, 0.5) is 14.4 Å². The second kappa shape index (κ2) is 56.5. The van der Waals surface area contributed by atoms with E-state index in [9.17, 15) is 24.0 Å². The minimum absolute atomic E-state index is 0.116. The van der Waals surface area contributed by atoms with E-state index in [4.69, 9.17) is 23.7 Å². The lowest BCUT2D eigenvalue weighted by Crippen LogP contribution is -2.42. The van der Waals surface area contributed by atoms with Crippen LogP contribution in [0.3, 0.4) is 0 Å². The first-order chi connectivity index (χ1) is 40.1. The molecule has 0 rings (SSSR count). The van der Waals surface area contributed by atoms with Crippen molar-refractivity contribution in [2.45, 2.75) is 299 Å². The topological polar surface area (TPSA) is 156 Å². The highest BCUT2D eigenvalue weighted by Gasteiger charge is 2.21. The second-order valence-corrected chi connectivity index (χ2v) is 25.0. The molecule has 0 saturated heterocycles. The maximum absolute atomic E-state index is 13.8. The molecule has 0 aromatic heterocycles. The van der Waals surface area contributed by atoms with E-state index in [1.165, 1.54) is 116 Å². The third-order valence-electron chi connectivity index (χ3n) is 15.7. The molecule has 15 heteroatoms. The van der Waals surface area contributed by atoms with Crippen LogP contribution in [0.25, 0.3) is 0 Å². The van der Waals surface area contributed by atoms with Gasteiger partial charge in [-0.1, -0.05) is 196 Å². The molecule has 0 heterocycles. The molecular weight excluding hydrogens is 1050 g/mol. The molecule has 0 aliphatic heterocycles. The number of hydrogen-bond donors (Lipinski definition) is 1. The number of hydrogen-bond acceptors (Lipinski definition) is 12. The van der Waals surface area contributed by atoms with Crippen LogP contribution in [-0.2, 0) is 33.3 Å². The van der Waals surface area contributed by atoms with Gasteiger partial charge >= 0.3 is 30.2 Å². The molecule has 0 aliphatic rings. The summed E-state index contributed by atoms with van der Waals surface area (Å²) in [5.74, 6) is 0.657. The maximum atomic E-state index is 13.8. The van der Waals surface area contributed by atoms with Crippen LogP contribution in [0.1, 0.15) is 293 Å². The monoisotopic (exact) mass is 1180 g/mol. The summed E-state index contributed by atoms with van der Waals surface area (Å²) in [6, 6.07) is 0. The molecule has 0 bridgehead atoms. The summed E-state index contributed by atoms with van der Waals surface area (Å²) in [6.07, 6.45) is 36.7. The van der Waals surface area contributed by atoms with Crippen LogP contribution in [0.2, 0.25) is 0 Å². The van der Waals surface area contributed by atoms with Crippen LogP contribution < -0.4 is 5.32 Å². The quantitative estimate of drug-likeness (QED) is 0.0350. The third kappa shape index (κ3) is 51.6. The fraction of sp³-hybridized carbons (Fsp3) is 0.926. The van der Waals surface area contributed by atoms with Gasteiger partial charge in [0, 0.05) is 78.3 Å². The van der Waals surface area contributed by atoms with Gasteiger partial charge in [-0.25, -0.2) is 14.4 Å². The van der Waals surface area contributed by atoms with Gasteiger partial charge in [0.05, 0.1) is 13.2 Å². The number of amides is 3. The Labute approximate surface area is 510 Å². The van der Waals surface area contributed by atoms with Gasteiger partial charge in [-0.3, -0.25) is 14.5 Å². The van der Waals surface area contributed by atoms with E-state index < -0.39 is 11.7 Å². The molecule has 1 N–H and O–H groups in total. The summed E-state index contributed by atoms with van der Waals surface area (Å²) in [6.45, 7) is 25.9. The number of carbonyl (C=O) groups is 5. The summed E-state index contributed by atoms with van der Waals surface area (Å²) in [4.78, 5) is 73.6. The molecule has 15 nitrogen and oxygen atoms in total. The first-order valence-electron chi connectivity index (χ1n) is 34.6. The van der Waals surface area contributed by atoms with E-state index in [0.717, 1.165) is 103 Å². The lowest BCUT2D eigenvalue weighted by atomic mass is 9.96. The van der Waals surface area contributed by atoms with Gasteiger partial charge in [0.2, 0.25) is 0 Å².